The molecular formula is C17H23N3O6S2. The molecule has 2 N–H and O–H groups in total. The largest absolute Gasteiger partial charge is 0.406 e. The maximum atomic E-state index is 12.1. The van der Waals surface area contributed by atoms with Gasteiger partial charge in [-0.3, -0.25) is 0 Å². The van der Waals surface area contributed by atoms with Gasteiger partial charge in [0.05, 0.1) is 17.4 Å². The van der Waals surface area contributed by atoms with Crippen molar-refractivity contribution in [2.75, 3.05) is 18.8 Å². The van der Waals surface area contributed by atoms with E-state index in [0.717, 1.165) is 29.3 Å². The summed E-state index contributed by atoms with van der Waals surface area (Å²) in [6.45, 7) is 3.23. The third-order valence-corrected chi connectivity index (χ3v) is 7.35. The van der Waals surface area contributed by atoms with Gasteiger partial charge in [0.15, 0.2) is 12.2 Å². The van der Waals surface area contributed by atoms with Crippen molar-refractivity contribution in [2.24, 2.45) is 5.92 Å². The second kappa shape index (κ2) is 7.86. The first-order valence-electron chi connectivity index (χ1n) is 9.47. The van der Waals surface area contributed by atoms with Crippen molar-refractivity contribution in [3.8, 4) is 0 Å². The molecule has 4 heterocycles. The number of aliphatic hydroxyl groups excluding tert-OH is 2. The van der Waals surface area contributed by atoms with Crippen molar-refractivity contribution in [1.29, 1.82) is 0 Å². The monoisotopic (exact) mass is 429 g/mol. The van der Waals surface area contributed by atoms with Crippen LogP contribution >= 0.6 is 23.5 Å². The summed E-state index contributed by atoms with van der Waals surface area (Å²) in [4.78, 5) is 26.0. The van der Waals surface area contributed by atoms with Crippen molar-refractivity contribution in [2.45, 2.75) is 61.7 Å². The Morgan fingerprint density at radius 2 is 1.93 bits per heavy atom. The lowest BCUT2D eigenvalue weighted by Crippen LogP contribution is -2.55. The van der Waals surface area contributed by atoms with Crippen LogP contribution in [0, 0.1) is 5.92 Å². The number of aromatic nitrogens is 2. The molecule has 3 fully saturated rings. The summed E-state index contributed by atoms with van der Waals surface area (Å²) in [5.41, 5.74) is 0.960. The number of unbranched alkanes of at least 4 members (excludes halogenated alkanes) is 1. The van der Waals surface area contributed by atoms with Crippen molar-refractivity contribution in [1.82, 2.24) is 13.6 Å². The fourth-order valence-corrected chi connectivity index (χ4v) is 5.91. The first kappa shape index (κ1) is 20.0. The Bertz CT molecular complexity index is 737. The Balaban J connectivity index is 1.54. The lowest BCUT2D eigenvalue weighted by atomic mass is 9.88. The minimum absolute atomic E-state index is 0.109. The predicted octanol–water partition coefficient (Wildman–Crippen LogP) is 0.715. The van der Waals surface area contributed by atoms with E-state index in [-0.39, 0.29) is 11.8 Å². The molecule has 4 rings (SSSR count). The molecule has 11 heteroatoms. The van der Waals surface area contributed by atoms with Gasteiger partial charge in [-0.1, -0.05) is 13.3 Å². The number of rotatable bonds is 5. The smallest absolute Gasteiger partial charge is 0.342 e. The zero-order valence-corrected chi connectivity index (χ0v) is 17.1. The summed E-state index contributed by atoms with van der Waals surface area (Å²) in [7, 11) is 0. The summed E-state index contributed by atoms with van der Waals surface area (Å²) in [5, 5.41) is 20.5. The second-order valence-corrected chi connectivity index (χ2v) is 9.02. The topological polar surface area (TPSA) is 122 Å². The van der Waals surface area contributed by atoms with Crippen molar-refractivity contribution < 1.29 is 29.3 Å². The van der Waals surface area contributed by atoms with E-state index in [9.17, 15) is 19.8 Å². The zero-order valence-electron chi connectivity index (χ0n) is 15.4. The number of aliphatic hydroxyl groups is 2. The van der Waals surface area contributed by atoms with Gasteiger partial charge >= 0.3 is 17.8 Å². The number of ether oxygens (including phenoxy) is 2. The highest BCUT2D eigenvalue weighted by atomic mass is 32.2. The first-order chi connectivity index (χ1) is 13.4. The van der Waals surface area contributed by atoms with Crippen molar-refractivity contribution in [3.05, 3.63) is 5.69 Å². The fraction of sp³-hybridized carbons (Fsp3) is 0.765. The van der Waals surface area contributed by atoms with Gasteiger partial charge in [0.2, 0.25) is 0 Å². The van der Waals surface area contributed by atoms with E-state index in [1.165, 1.54) is 11.7 Å². The lowest BCUT2D eigenvalue weighted by molar-refractivity contribution is -0.291. The molecule has 28 heavy (non-hydrogen) atoms. The molecule has 2 bridgehead atoms. The summed E-state index contributed by atoms with van der Waals surface area (Å²) >= 11 is 2.91. The Morgan fingerprint density at radius 1 is 1.21 bits per heavy atom. The standard InChI is InChI=1S/C17H23N3O6S2/c1-2-3-6-27-14-11(18-28-19-14)10-8-20-7-9(10)4-5-17(20)25-15(23)12(21)13(22)16(24)26-17/h9-10,12-13,21-22H,2-8H2,1H3. The van der Waals surface area contributed by atoms with Crippen LogP contribution in [-0.2, 0) is 19.1 Å². The summed E-state index contributed by atoms with van der Waals surface area (Å²) in [6.07, 6.45) is -0.677. The van der Waals surface area contributed by atoms with Gasteiger partial charge in [-0.2, -0.15) is 8.75 Å². The molecule has 0 amide bonds. The van der Waals surface area contributed by atoms with Gasteiger partial charge in [-0.05, 0) is 24.5 Å². The van der Waals surface area contributed by atoms with Crippen LogP contribution in [0.5, 0.6) is 0 Å². The number of piperidine rings is 1. The number of fused-ring (bicyclic) bond motifs is 3. The van der Waals surface area contributed by atoms with E-state index in [0.29, 0.717) is 25.9 Å². The minimum Gasteiger partial charge on any atom is -0.406 e. The lowest BCUT2D eigenvalue weighted by Gasteiger charge is -2.41. The van der Waals surface area contributed by atoms with E-state index < -0.39 is 30.1 Å². The number of carbonyl (C=O) groups excluding carboxylic acids is 2. The predicted molar refractivity (Wildman–Crippen MR) is 99.5 cm³/mol. The number of hydrogen-bond acceptors (Lipinski definition) is 11. The number of carbonyl (C=O) groups is 2. The van der Waals surface area contributed by atoms with Gasteiger partial charge in [-0.15, -0.1) is 11.8 Å². The van der Waals surface area contributed by atoms with Crippen LogP contribution in [0.25, 0.3) is 0 Å². The van der Waals surface area contributed by atoms with Crippen LogP contribution in [0.15, 0.2) is 5.03 Å². The van der Waals surface area contributed by atoms with E-state index in [4.69, 9.17) is 9.47 Å². The Labute approximate surface area is 170 Å². The minimum atomic E-state index is -1.94. The maximum Gasteiger partial charge on any atom is 0.342 e. The molecule has 154 valence electrons. The van der Waals surface area contributed by atoms with Crippen molar-refractivity contribution >= 4 is 35.4 Å². The maximum absolute atomic E-state index is 12.1. The van der Waals surface area contributed by atoms with Gasteiger partial charge in [-0.25, -0.2) is 14.5 Å². The highest BCUT2D eigenvalue weighted by Crippen LogP contribution is 2.48. The second-order valence-electron chi connectivity index (χ2n) is 7.41. The number of nitrogens with zero attached hydrogens (tertiary/aromatic N) is 3. The van der Waals surface area contributed by atoms with Crippen LogP contribution in [-0.4, -0.2) is 72.8 Å². The average Bonchev–Trinajstić information content (AvgIpc) is 3.27. The molecule has 5 atom stereocenters. The molecule has 9 nitrogen and oxygen atoms in total. The zero-order chi connectivity index (χ0) is 19.9. The van der Waals surface area contributed by atoms with Crippen LogP contribution in [0.4, 0.5) is 0 Å². The molecule has 3 aliphatic rings. The summed E-state index contributed by atoms with van der Waals surface area (Å²) < 4.78 is 19.8. The Morgan fingerprint density at radius 3 is 2.61 bits per heavy atom. The first-order valence-corrected chi connectivity index (χ1v) is 11.2. The van der Waals surface area contributed by atoms with Gasteiger partial charge in [0.1, 0.15) is 5.03 Å². The summed E-state index contributed by atoms with van der Waals surface area (Å²) in [6, 6.07) is 0. The normalized spacial score (nSPS) is 37.6. The molecule has 0 saturated carbocycles. The Hall–Kier alpha value is -1.27. The molecule has 5 unspecified atom stereocenters. The van der Waals surface area contributed by atoms with Crippen molar-refractivity contribution in [3.63, 3.8) is 0 Å². The van der Waals surface area contributed by atoms with Crippen LogP contribution < -0.4 is 0 Å². The molecule has 1 spiro atoms. The SMILES string of the molecule is CCCCSc1nsnc1C1CN2CC1CCC21OC(=O)C(O)C(O)C(=O)O1. The number of thioether (sulfide) groups is 1. The molecule has 0 aliphatic carbocycles. The quantitative estimate of drug-likeness (QED) is 0.393. The van der Waals surface area contributed by atoms with Crippen LogP contribution in [0.3, 0.4) is 0 Å². The molecule has 1 aromatic heterocycles. The highest BCUT2D eigenvalue weighted by molar-refractivity contribution is 7.99. The number of hydrogen-bond donors (Lipinski definition) is 2. The molecule has 0 radical (unpaired) electrons. The van der Waals surface area contributed by atoms with E-state index in [2.05, 4.69) is 15.7 Å². The van der Waals surface area contributed by atoms with E-state index in [1.807, 2.05) is 4.90 Å². The molecule has 0 aromatic carbocycles. The molecular weight excluding hydrogens is 406 g/mol. The van der Waals surface area contributed by atoms with Crippen LogP contribution in [0.1, 0.15) is 44.2 Å². The van der Waals surface area contributed by atoms with E-state index >= 15 is 0 Å². The van der Waals surface area contributed by atoms with Gasteiger partial charge in [0.25, 0.3) is 0 Å². The Kier molecular flexibility index (Phi) is 5.62. The third kappa shape index (κ3) is 3.43. The van der Waals surface area contributed by atoms with E-state index in [1.54, 1.807) is 11.8 Å². The third-order valence-electron chi connectivity index (χ3n) is 5.63. The molecule has 1 aromatic rings. The molecule has 3 aliphatic heterocycles. The number of esters is 2. The fourth-order valence-electron chi connectivity index (χ4n) is 4.05. The molecule has 3 saturated heterocycles. The van der Waals surface area contributed by atoms with Crippen LogP contribution in [0.2, 0.25) is 0 Å². The van der Waals surface area contributed by atoms with Gasteiger partial charge in [0, 0.05) is 25.4 Å². The summed E-state index contributed by atoms with van der Waals surface area (Å²) in [5.74, 6) is -2.28. The van der Waals surface area contributed by atoms with Gasteiger partial charge < -0.3 is 19.7 Å². The highest BCUT2D eigenvalue weighted by Gasteiger charge is 2.58. The average molecular weight is 430 g/mol.